The molecule has 0 unspecified atom stereocenters. The molecule has 0 bridgehead atoms. The topological polar surface area (TPSA) is 81.6 Å². The highest BCUT2D eigenvalue weighted by Crippen LogP contribution is 2.10. The summed E-state index contributed by atoms with van der Waals surface area (Å²) in [5.41, 5.74) is 0. The lowest BCUT2D eigenvalue weighted by Gasteiger charge is -2.30. The van der Waals surface area contributed by atoms with Crippen LogP contribution in [0.5, 0.6) is 0 Å². The van der Waals surface area contributed by atoms with E-state index in [2.05, 4.69) is 133 Å². The zero-order chi connectivity index (χ0) is 50.4. The molecule has 0 saturated carbocycles. The lowest BCUT2D eigenvalue weighted by molar-refractivity contribution is 0.148. The van der Waals surface area contributed by atoms with Gasteiger partial charge in [-0.15, -0.1) is 0 Å². The average Bonchev–Trinajstić information content (AvgIpc) is 3.45. The van der Waals surface area contributed by atoms with Crippen LogP contribution in [-0.2, 0) is 0 Å². The van der Waals surface area contributed by atoms with Gasteiger partial charge in [0.1, 0.15) is 0 Å². The van der Waals surface area contributed by atoms with E-state index in [4.69, 9.17) is 10.2 Å². The second-order valence-electron chi connectivity index (χ2n) is 23.3. The minimum atomic E-state index is 0. The van der Waals surface area contributed by atoms with E-state index in [1.54, 1.807) is 0 Å². The zero-order valence-electron chi connectivity index (χ0n) is 47.9. The average molecular weight is 1050 g/mol. The molecule has 0 spiro atoms. The number of rotatable bonds is 15. The molecule has 0 aromatic carbocycles. The summed E-state index contributed by atoms with van der Waals surface area (Å²) in [6, 6.07) is 0. The largest absolute Gasteiger partial charge is 0.395 e. The van der Waals surface area contributed by atoms with Gasteiger partial charge in [0.2, 0.25) is 0 Å². The second kappa shape index (κ2) is 53.5. The Hall–Kier alpha value is -0.480. The minimum absolute atomic E-state index is 0. The van der Waals surface area contributed by atoms with Crippen molar-refractivity contribution in [2.45, 2.75) is 171 Å². The summed E-state index contributed by atoms with van der Waals surface area (Å²) in [5, 5.41) is 21.2. The van der Waals surface area contributed by atoms with Crippen molar-refractivity contribution in [2.75, 3.05) is 204 Å². The van der Waals surface area contributed by atoms with Gasteiger partial charge in [0, 0.05) is 58.9 Å². The minimum Gasteiger partial charge on any atom is -0.395 e. The maximum atomic E-state index is 8.90. The summed E-state index contributed by atoms with van der Waals surface area (Å²) in [4.78, 5) is 22.8. The van der Waals surface area contributed by atoms with Crippen molar-refractivity contribution in [1.82, 2.24) is 49.4 Å². The van der Waals surface area contributed by atoms with E-state index >= 15 is 0 Å². The highest BCUT2D eigenvalue weighted by Gasteiger charge is 2.17. The number of nitrogens with zero attached hydrogens (tertiary/aromatic N) is 9. The van der Waals surface area contributed by atoms with E-state index in [-0.39, 0.29) is 37.1 Å². The monoisotopic (exact) mass is 1050 g/mol. The van der Waals surface area contributed by atoms with E-state index in [0.29, 0.717) is 13.2 Å². The van der Waals surface area contributed by atoms with Crippen molar-refractivity contribution < 1.29 is 10.2 Å². The molecule has 73 heavy (non-hydrogen) atoms. The smallest absolute Gasteiger partial charge is 0.0558 e. The predicted molar refractivity (Wildman–Crippen MR) is 331 cm³/mol. The highest BCUT2D eigenvalue weighted by atomic mass is 16.3. The molecule has 0 aromatic rings. The molecule has 0 amide bonds. The third-order valence-corrected chi connectivity index (χ3v) is 13.6. The molecule has 5 fully saturated rings. The predicted octanol–water partition coefficient (Wildman–Crippen LogP) is 9.91. The van der Waals surface area contributed by atoms with E-state index in [1.165, 1.54) is 195 Å². The van der Waals surface area contributed by atoms with Gasteiger partial charge in [-0.3, -0.25) is 4.90 Å². The Balaban J connectivity index is -0.000000260. The van der Waals surface area contributed by atoms with Gasteiger partial charge in [-0.05, 0) is 219 Å². The summed E-state index contributed by atoms with van der Waals surface area (Å²) in [6.45, 7) is 59.8. The lowest BCUT2D eigenvalue weighted by atomic mass is 10.1. The number of nitrogens with one attached hydrogen (secondary N) is 1. The van der Waals surface area contributed by atoms with Crippen LogP contribution in [0.15, 0.2) is 0 Å². The Morgan fingerprint density at radius 1 is 0.315 bits per heavy atom. The lowest BCUT2D eigenvalue weighted by Crippen LogP contribution is -2.39. The van der Waals surface area contributed by atoms with Crippen molar-refractivity contribution in [3.8, 4) is 0 Å². The molecule has 0 aromatic heterocycles. The third-order valence-electron chi connectivity index (χ3n) is 13.6. The third kappa shape index (κ3) is 48.4. The highest BCUT2D eigenvalue weighted by molar-refractivity contribution is 4.72. The molecule has 0 radical (unpaired) electrons. The van der Waals surface area contributed by atoms with Crippen LogP contribution in [0.25, 0.3) is 0 Å². The van der Waals surface area contributed by atoms with Gasteiger partial charge in [0.05, 0.1) is 13.2 Å². The summed E-state index contributed by atoms with van der Waals surface area (Å²) in [7, 11) is 2.23. The Bertz CT molecular complexity index is 1040. The van der Waals surface area contributed by atoms with Crippen LogP contribution in [0.4, 0.5) is 0 Å². The molecule has 448 valence electrons. The number of aliphatic hydroxyl groups is 2. The Morgan fingerprint density at radius 2 is 0.534 bits per heavy atom. The number of β-amino-alcohol motifs (C(OH)–C–C–N with tert-alkyl or cyclic N) is 2. The second-order valence-corrected chi connectivity index (χ2v) is 23.3. The van der Waals surface area contributed by atoms with Crippen molar-refractivity contribution in [3.05, 3.63) is 0 Å². The number of aliphatic hydroxyl groups excluding tert-OH is 2. The quantitative estimate of drug-likeness (QED) is 0.146. The summed E-state index contributed by atoms with van der Waals surface area (Å²) in [6.07, 6.45) is 11.7. The van der Waals surface area contributed by atoms with E-state index < -0.39 is 0 Å². The molecule has 5 aliphatic heterocycles. The first-order valence-corrected chi connectivity index (χ1v) is 29.0. The van der Waals surface area contributed by atoms with Crippen LogP contribution >= 0.6 is 0 Å². The van der Waals surface area contributed by atoms with Gasteiger partial charge in [-0.2, -0.15) is 0 Å². The van der Waals surface area contributed by atoms with E-state index in [0.717, 1.165) is 75.4 Å². The van der Waals surface area contributed by atoms with Crippen LogP contribution in [-0.4, -0.2) is 258 Å². The van der Waals surface area contributed by atoms with Crippen molar-refractivity contribution in [1.29, 1.82) is 0 Å². The first-order valence-electron chi connectivity index (χ1n) is 29.0. The van der Waals surface area contributed by atoms with Crippen LogP contribution in [0, 0.1) is 29.6 Å². The van der Waals surface area contributed by atoms with Gasteiger partial charge in [0.15, 0.2) is 0 Å². The zero-order valence-corrected chi connectivity index (χ0v) is 47.9. The van der Waals surface area contributed by atoms with Gasteiger partial charge in [-0.1, -0.05) is 113 Å². The van der Waals surface area contributed by atoms with Crippen molar-refractivity contribution in [3.63, 3.8) is 0 Å². The molecule has 0 aliphatic carbocycles. The Morgan fingerprint density at radius 3 is 0.808 bits per heavy atom. The molecule has 3 N–H and O–H groups in total. The fourth-order valence-electron chi connectivity index (χ4n) is 10.5. The Labute approximate surface area is 462 Å². The molecular formula is C61H142N10O2. The normalized spacial score (nSPS) is 20.6. The first-order chi connectivity index (χ1) is 32.6. The van der Waals surface area contributed by atoms with Crippen molar-refractivity contribution >= 4 is 0 Å². The fraction of sp³-hybridized carbons (Fsp3) is 1.00. The van der Waals surface area contributed by atoms with Gasteiger partial charge < -0.3 is 54.7 Å². The maximum absolute atomic E-state index is 8.90. The standard InChI is InChI=1S/C12H26N2O.C12H26N2.C11H24N2O.C11H24N2.C10H22N2.5CH4/c1-12(2)11-14-7-3-5-13(9-10-15)6-4-8-14;1-4-13-7-5-9-14(10-6-8-13)11-12(2)3;1-11(2)10-13-5-3-4-12(6-7-13)8-9-14;1-11(2)10-13-8-4-6-12(3)7-5-9-13;1-10(2)9-12-7-3-5-11-6-4-8-12;;;;;/h12,15H,3-11H2,1-2H3;12H,4-11H2,1-3H3;11,14H,3-10H2,1-2H3;11H,4-10H2,1-3H3;10-11H,3-9H2,1-2H3;5*1H4. The molecule has 0 atom stereocenters. The molecule has 12 heteroatoms. The van der Waals surface area contributed by atoms with E-state index in [1.807, 2.05) is 0 Å². The maximum Gasteiger partial charge on any atom is 0.0558 e. The first kappa shape index (κ1) is 81.4. The van der Waals surface area contributed by atoms with Gasteiger partial charge in [0.25, 0.3) is 0 Å². The molecule has 5 aliphatic rings. The van der Waals surface area contributed by atoms with E-state index in [9.17, 15) is 0 Å². The number of hydrogen-bond acceptors (Lipinski definition) is 12. The molecule has 5 saturated heterocycles. The summed E-state index contributed by atoms with van der Waals surface area (Å²) < 4.78 is 0. The fourth-order valence-corrected chi connectivity index (χ4v) is 10.5. The molecule has 5 rings (SSSR count). The van der Waals surface area contributed by atoms with Gasteiger partial charge >= 0.3 is 0 Å². The van der Waals surface area contributed by atoms with Crippen LogP contribution < -0.4 is 5.32 Å². The van der Waals surface area contributed by atoms with Crippen LogP contribution in [0.3, 0.4) is 0 Å². The molecule has 12 nitrogen and oxygen atoms in total. The summed E-state index contributed by atoms with van der Waals surface area (Å²) in [5.74, 6) is 3.99. The Kier molecular flexibility index (Phi) is 59.7. The molecular weight excluding hydrogens is 905 g/mol. The SMILES string of the molecule is C.C.C.C.C.CC(C)CN1CCCN(C)CCC1.CC(C)CN1CCCN(CCO)CC1.CC(C)CN1CCCN(CCO)CCC1.CC(C)CN1CCCNCCC1.CCN1CCCN(CC(C)C)CCC1. The summed E-state index contributed by atoms with van der Waals surface area (Å²) >= 11 is 0. The number of hydrogen-bond donors (Lipinski definition) is 3. The van der Waals surface area contributed by atoms with Crippen LogP contribution in [0.1, 0.15) is 171 Å². The van der Waals surface area contributed by atoms with Crippen LogP contribution in [0.2, 0.25) is 0 Å². The van der Waals surface area contributed by atoms with Gasteiger partial charge in [-0.25, -0.2) is 0 Å². The van der Waals surface area contributed by atoms with Crippen molar-refractivity contribution in [2.24, 2.45) is 29.6 Å². The molecule has 5 heterocycles.